The van der Waals surface area contributed by atoms with Crippen LogP contribution in [0.2, 0.25) is 0 Å². The van der Waals surface area contributed by atoms with Crippen LogP contribution in [0.3, 0.4) is 0 Å². The van der Waals surface area contributed by atoms with Crippen molar-refractivity contribution in [1.82, 2.24) is 9.78 Å². The molecule has 0 unspecified atom stereocenters. The summed E-state index contributed by atoms with van der Waals surface area (Å²) in [4.78, 5) is 0. The number of aromatic nitrogens is 2. The van der Waals surface area contributed by atoms with Gasteiger partial charge in [0.05, 0.1) is 12.2 Å². The van der Waals surface area contributed by atoms with E-state index in [1.165, 1.54) is 0 Å². The molecule has 0 atom stereocenters. The fraction of sp³-hybridized carbons (Fsp3) is 0.182. The lowest BCUT2D eigenvalue weighted by Gasteiger charge is -2.09. The number of nitrogens with two attached hydrogens (primary N) is 1. The van der Waals surface area contributed by atoms with Crippen molar-refractivity contribution in [1.29, 1.82) is 0 Å². The Bertz CT molecular complexity index is 513. The lowest BCUT2D eigenvalue weighted by Crippen LogP contribution is -2.08. The van der Waals surface area contributed by atoms with E-state index < -0.39 is 11.6 Å². The number of benzene rings is 1. The zero-order valence-corrected chi connectivity index (χ0v) is 9.24. The van der Waals surface area contributed by atoms with Gasteiger partial charge in [0, 0.05) is 18.9 Å². The Morgan fingerprint density at radius 1 is 1.35 bits per heavy atom. The first kappa shape index (κ1) is 11.4. The van der Waals surface area contributed by atoms with Crippen LogP contribution in [0.25, 0.3) is 0 Å². The van der Waals surface area contributed by atoms with Gasteiger partial charge in [0.25, 0.3) is 0 Å². The maximum absolute atomic E-state index is 13.4. The van der Waals surface area contributed by atoms with Crippen molar-refractivity contribution in [3.63, 3.8) is 0 Å². The molecule has 0 spiro atoms. The molecule has 3 N–H and O–H groups in total. The van der Waals surface area contributed by atoms with E-state index in [0.717, 1.165) is 17.8 Å². The highest BCUT2D eigenvalue weighted by Crippen LogP contribution is 2.22. The molecule has 0 aliphatic carbocycles. The van der Waals surface area contributed by atoms with Crippen LogP contribution in [-0.2, 0) is 13.6 Å². The van der Waals surface area contributed by atoms with Crippen molar-refractivity contribution in [2.45, 2.75) is 6.54 Å². The normalized spacial score (nSPS) is 10.5. The summed E-state index contributed by atoms with van der Waals surface area (Å²) >= 11 is 0. The molecule has 0 bridgehead atoms. The Labute approximate surface area is 97.0 Å². The van der Waals surface area contributed by atoms with E-state index in [9.17, 15) is 8.78 Å². The first-order valence-corrected chi connectivity index (χ1v) is 5.03. The molecule has 1 heterocycles. The summed E-state index contributed by atoms with van der Waals surface area (Å²) < 4.78 is 28.5. The molecule has 1 aromatic carbocycles. The van der Waals surface area contributed by atoms with Crippen LogP contribution in [0.4, 0.5) is 20.2 Å². The molecular formula is C11H12F2N4. The minimum absolute atomic E-state index is 0.0612. The van der Waals surface area contributed by atoms with Crippen LogP contribution in [0.5, 0.6) is 0 Å². The maximum Gasteiger partial charge on any atom is 0.151 e. The van der Waals surface area contributed by atoms with Crippen LogP contribution >= 0.6 is 0 Å². The molecule has 90 valence electrons. The summed E-state index contributed by atoms with van der Waals surface area (Å²) in [7, 11) is 1.76. The van der Waals surface area contributed by atoms with Gasteiger partial charge in [-0.15, -0.1) is 0 Å². The number of nitrogen functional groups attached to an aromatic ring is 1. The Hall–Kier alpha value is -2.11. The highest BCUT2D eigenvalue weighted by Gasteiger charge is 2.10. The molecule has 0 radical (unpaired) electrons. The van der Waals surface area contributed by atoms with E-state index in [1.54, 1.807) is 24.0 Å². The quantitative estimate of drug-likeness (QED) is 0.803. The zero-order valence-electron chi connectivity index (χ0n) is 9.24. The molecular weight excluding hydrogens is 226 g/mol. The fourth-order valence-corrected chi connectivity index (χ4v) is 1.52. The Kier molecular flexibility index (Phi) is 2.95. The molecule has 4 nitrogen and oxygen atoms in total. The molecule has 2 rings (SSSR count). The van der Waals surface area contributed by atoms with Crippen LogP contribution in [0, 0.1) is 11.6 Å². The average Bonchev–Trinajstić information content (AvgIpc) is 2.62. The average molecular weight is 238 g/mol. The van der Waals surface area contributed by atoms with Crippen molar-refractivity contribution >= 4 is 11.4 Å². The first-order valence-electron chi connectivity index (χ1n) is 5.03. The topological polar surface area (TPSA) is 55.9 Å². The summed E-state index contributed by atoms with van der Waals surface area (Å²) in [5.74, 6) is -1.41. The molecule has 0 aliphatic heterocycles. The van der Waals surface area contributed by atoms with Crippen molar-refractivity contribution in [2.75, 3.05) is 11.1 Å². The lowest BCUT2D eigenvalue weighted by atomic mass is 10.2. The second-order valence-electron chi connectivity index (χ2n) is 3.66. The summed E-state index contributed by atoms with van der Waals surface area (Å²) in [5.41, 5.74) is 6.02. The maximum atomic E-state index is 13.4. The zero-order chi connectivity index (χ0) is 12.4. The molecule has 17 heavy (non-hydrogen) atoms. The van der Waals surface area contributed by atoms with Crippen LogP contribution in [0.1, 0.15) is 5.69 Å². The van der Waals surface area contributed by atoms with Gasteiger partial charge >= 0.3 is 0 Å². The predicted molar refractivity (Wildman–Crippen MR) is 61.3 cm³/mol. The molecule has 0 fully saturated rings. The van der Waals surface area contributed by atoms with Gasteiger partial charge in [-0.25, -0.2) is 8.78 Å². The van der Waals surface area contributed by atoms with E-state index >= 15 is 0 Å². The summed E-state index contributed by atoms with van der Waals surface area (Å²) in [6.45, 7) is 0.286. The highest BCUT2D eigenvalue weighted by atomic mass is 19.1. The van der Waals surface area contributed by atoms with Gasteiger partial charge in [-0.2, -0.15) is 5.10 Å². The second-order valence-corrected chi connectivity index (χ2v) is 3.66. The summed E-state index contributed by atoms with van der Waals surface area (Å²) in [5, 5.41) is 6.64. The van der Waals surface area contributed by atoms with E-state index in [4.69, 9.17) is 5.73 Å². The van der Waals surface area contributed by atoms with Crippen LogP contribution in [-0.4, -0.2) is 9.78 Å². The Morgan fingerprint density at radius 2 is 2.00 bits per heavy atom. The third-order valence-electron chi connectivity index (χ3n) is 2.43. The molecule has 0 saturated heterocycles. The molecule has 0 amide bonds. The third kappa shape index (κ3) is 2.35. The predicted octanol–water partition coefficient (Wildman–Crippen LogP) is 1.89. The lowest BCUT2D eigenvalue weighted by molar-refractivity contribution is 0.588. The van der Waals surface area contributed by atoms with E-state index in [0.29, 0.717) is 0 Å². The van der Waals surface area contributed by atoms with Gasteiger partial charge in [0.1, 0.15) is 5.69 Å². The minimum atomic E-state index is -0.704. The third-order valence-corrected chi connectivity index (χ3v) is 2.43. The number of hydrogen-bond acceptors (Lipinski definition) is 3. The van der Waals surface area contributed by atoms with Crippen molar-refractivity contribution in [2.24, 2.45) is 7.05 Å². The number of rotatable bonds is 3. The van der Waals surface area contributed by atoms with Crippen LogP contribution < -0.4 is 11.1 Å². The largest absolute Gasteiger partial charge is 0.399 e. The van der Waals surface area contributed by atoms with Crippen molar-refractivity contribution in [3.05, 3.63) is 41.7 Å². The number of hydrogen-bond donors (Lipinski definition) is 2. The van der Waals surface area contributed by atoms with Gasteiger partial charge in [0.2, 0.25) is 0 Å². The van der Waals surface area contributed by atoms with Crippen molar-refractivity contribution in [3.8, 4) is 0 Å². The molecule has 2 aromatic rings. The van der Waals surface area contributed by atoms with E-state index in [2.05, 4.69) is 10.4 Å². The Balaban J connectivity index is 2.17. The SMILES string of the molecule is Cn1nccc1CNc1c(F)cc(N)cc1F. The van der Waals surface area contributed by atoms with Crippen LogP contribution in [0.15, 0.2) is 24.4 Å². The highest BCUT2D eigenvalue weighted by molar-refractivity contribution is 5.54. The molecule has 1 aromatic heterocycles. The van der Waals surface area contributed by atoms with Crippen molar-refractivity contribution < 1.29 is 8.78 Å². The standard InChI is InChI=1S/C11H12F2N4/c1-17-8(2-3-16-17)6-15-11-9(12)4-7(14)5-10(11)13/h2-5,15H,6,14H2,1H3. The molecule has 0 saturated carbocycles. The molecule has 6 heteroatoms. The Morgan fingerprint density at radius 3 is 2.53 bits per heavy atom. The number of aryl methyl sites for hydroxylation is 1. The van der Waals surface area contributed by atoms with Gasteiger partial charge in [0.15, 0.2) is 11.6 Å². The fourth-order valence-electron chi connectivity index (χ4n) is 1.52. The van der Waals surface area contributed by atoms with Gasteiger partial charge in [-0.3, -0.25) is 4.68 Å². The van der Waals surface area contributed by atoms with E-state index in [1.807, 2.05) is 0 Å². The van der Waals surface area contributed by atoms with Gasteiger partial charge in [-0.1, -0.05) is 0 Å². The summed E-state index contributed by atoms with van der Waals surface area (Å²) in [6.07, 6.45) is 1.62. The second kappa shape index (κ2) is 4.40. The number of anilines is 2. The van der Waals surface area contributed by atoms with Gasteiger partial charge < -0.3 is 11.1 Å². The minimum Gasteiger partial charge on any atom is -0.399 e. The number of halogens is 2. The smallest absolute Gasteiger partial charge is 0.151 e. The number of nitrogens with zero attached hydrogens (tertiary/aromatic N) is 2. The van der Waals surface area contributed by atoms with E-state index in [-0.39, 0.29) is 17.9 Å². The monoisotopic (exact) mass is 238 g/mol. The first-order chi connectivity index (χ1) is 8.08. The van der Waals surface area contributed by atoms with Gasteiger partial charge in [-0.05, 0) is 18.2 Å². The number of nitrogens with one attached hydrogen (secondary N) is 1. The molecule has 0 aliphatic rings. The summed E-state index contributed by atoms with van der Waals surface area (Å²) in [6, 6.07) is 3.92.